The number of ether oxygens (including phenoxy) is 3. The second-order valence-corrected chi connectivity index (χ2v) is 10.6. The molecule has 0 saturated heterocycles. The first-order valence-electron chi connectivity index (χ1n) is 12.8. The van der Waals surface area contributed by atoms with Crippen LogP contribution in [0.1, 0.15) is 44.9 Å². The van der Waals surface area contributed by atoms with Crippen molar-refractivity contribution in [2.45, 2.75) is 39.8 Å². The highest BCUT2D eigenvalue weighted by Gasteiger charge is 2.34. The molecule has 1 aliphatic heterocycles. The number of allylic oxidation sites excluding steroid dienone is 1. The number of para-hydroxylation sites is 1. The summed E-state index contributed by atoms with van der Waals surface area (Å²) >= 11 is 1.30. The smallest absolute Gasteiger partial charge is 0.338 e. The van der Waals surface area contributed by atoms with Crippen LogP contribution in [0.5, 0.6) is 11.5 Å². The number of nitrogens with zero attached hydrogens (tertiary/aromatic N) is 3. The van der Waals surface area contributed by atoms with Crippen LogP contribution in [0.4, 0.5) is 0 Å². The summed E-state index contributed by atoms with van der Waals surface area (Å²) in [5, 5.41) is 1.05. The van der Waals surface area contributed by atoms with Crippen molar-refractivity contribution in [3.63, 3.8) is 0 Å². The zero-order valence-corrected chi connectivity index (χ0v) is 23.7. The SMILES string of the molecule is CCOC(=O)C1=C(C)N=c2s/c(=C/c3cn(C)c4ccccc34)c(=O)n2[C@@H]1c1ccc(OC(C)C)c(OC)c1. The highest BCUT2D eigenvalue weighted by atomic mass is 32.1. The minimum Gasteiger partial charge on any atom is -0.493 e. The van der Waals surface area contributed by atoms with Gasteiger partial charge in [0, 0.05) is 29.7 Å². The molecule has 0 radical (unpaired) electrons. The minimum absolute atomic E-state index is 0.0475. The number of aromatic nitrogens is 2. The number of carbonyl (C=O) groups is 1. The van der Waals surface area contributed by atoms with E-state index in [4.69, 9.17) is 14.2 Å². The largest absolute Gasteiger partial charge is 0.493 e. The van der Waals surface area contributed by atoms with Crippen LogP contribution in [-0.4, -0.2) is 34.9 Å². The van der Waals surface area contributed by atoms with E-state index in [-0.39, 0.29) is 18.3 Å². The monoisotopic (exact) mass is 545 g/mol. The van der Waals surface area contributed by atoms with Crippen LogP contribution in [0.3, 0.4) is 0 Å². The Morgan fingerprint density at radius 2 is 1.95 bits per heavy atom. The summed E-state index contributed by atoms with van der Waals surface area (Å²) in [5.41, 5.74) is 3.31. The molecule has 3 heterocycles. The van der Waals surface area contributed by atoms with Crippen molar-refractivity contribution in [2.24, 2.45) is 12.0 Å². The predicted molar refractivity (Wildman–Crippen MR) is 152 cm³/mol. The number of esters is 1. The van der Waals surface area contributed by atoms with Crippen LogP contribution < -0.4 is 24.4 Å². The third-order valence-electron chi connectivity index (χ3n) is 6.60. The lowest BCUT2D eigenvalue weighted by molar-refractivity contribution is -0.139. The molecule has 9 heteroatoms. The number of fused-ring (bicyclic) bond motifs is 2. The number of benzene rings is 2. The standard InChI is InChI=1S/C30H31N3O5S/c1-7-37-29(35)26-18(4)31-30-33(27(26)19-12-13-23(38-17(2)3)24(14-19)36-6)28(34)25(39-30)15-20-16-32(5)22-11-9-8-10-21(20)22/h8-17,27H,7H2,1-6H3/b25-15+/t27-/m1/s1. The van der Waals surface area contributed by atoms with Crippen molar-refractivity contribution in [1.29, 1.82) is 0 Å². The van der Waals surface area contributed by atoms with Crippen LogP contribution in [-0.2, 0) is 16.6 Å². The Labute approximate surface area is 230 Å². The quantitative estimate of drug-likeness (QED) is 0.327. The maximum atomic E-state index is 14.0. The van der Waals surface area contributed by atoms with E-state index in [9.17, 15) is 9.59 Å². The minimum atomic E-state index is -0.739. The lowest BCUT2D eigenvalue weighted by Gasteiger charge is -2.25. The first kappa shape index (κ1) is 26.5. The van der Waals surface area contributed by atoms with Gasteiger partial charge in [0.25, 0.3) is 5.56 Å². The molecule has 2 aromatic heterocycles. The van der Waals surface area contributed by atoms with Crippen LogP contribution in [0.2, 0.25) is 0 Å². The first-order valence-corrected chi connectivity index (χ1v) is 13.6. The van der Waals surface area contributed by atoms with Crippen LogP contribution >= 0.6 is 11.3 Å². The second-order valence-electron chi connectivity index (χ2n) is 9.59. The third-order valence-corrected chi connectivity index (χ3v) is 7.58. The summed E-state index contributed by atoms with van der Waals surface area (Å²) in [6.07, 6.45) is 3.86. The van der Waals surface area contributed by atoms with Gasteiger partial charge in [0.15, 0.2) is 16.3 Å². The maximum absolute atomic E-state index is 14.0. The molecule has 39 heavy (non-hydrogen) atoms. The van der Waals surface area contributed by atoms with Gasteiger partial charge in [0.1, 0.15) is 0 Å². The lowest BCUT2D eigenvalue weighted by Crippen LogP contribution is -2.40. The van der Waals surface area contributed by atoms with Gasteiger partial charge in [-0.25, -0.2) is 9.79 Å². The fraction of sp³-hybridized carbons (Fsp3) is 0.300. The molecule has 0 aliphatic carbocycles. The van der Waals surface area contributed by atoms with E-state index in [1.165, 1.54) is 11.3 Å². The fourth-order valence-electron chi connectivity index (χ4n) is 4.94. The first-order chi connectivity index (χ1) is 18.7. The van der Waals surface area contributed by atoms with E-state index < -0.39 is 12.0 Å². The Balaban J connectivity index is 1.73. The van der Waals surface area contributed by atoms with Gasteiger partial charge >= 0.3 is 5.97 Å². The molecule has 0 fully saturated rings. The number of hydrogen-bond acceptors (Lipinski definition) is 7. The van der Waals surface area contributed by atoms with E-state index in [0.717, 1.165) is 16.5 Å². The molecule has 202 valence electrons. The maximum Gasteiger partial charge on any atom is 0.338 e. The molecule has 0 unspecified atom stereocenters. The number of thiazole rings is 1. The zero-order chi connectivity index (χ0) is 27.8. The van der Waals surface area contributed by atoms with Gasteiger partial charge in [-0.3, -0.25) is 9.36 Å². The van der Waals surface area contributed by atoms with Crippen molar-refractivity contribution in [2.75, 3.05) is 13.7 Å². The van der Waals surface area contributed by atoms with Crippen molar-refractivity contribution in [3.05, 3.63) is 90.7 Å². The molecule has 0 bridgehead atoms. The van der Waals surface area contributed by atoms with Gasteiger partial charge in [-0.05, 0) is 57.5 Å². The Kier molecular flexibility index (Phi) is 7.18. The van der Waals surface area contributed by atoms with Gasteiger partial charge in [-0.15, -0.1) is 0 Å². The number of methoxy groups -OCH3 is 1. The predicted octanol–water partition coefficient (Wildman–Crippen LogP) is 4.09. The van der Waals surface area contributed by atoms with Crippen molar-refractivity contribution in [3.8, 4) is 11.5 Å². The molecule has 2 aromatic carbocycles. The second kappa shape index (κ2) is 10.6. The summed E-state index contributed by atoms with van der Waals surface area (Å²) in [6, 6.07) is 12.8. The molecular formula is C30H31N3O5S. The van der Waals surface area contributed by atoms with Gasteiger partial charge in [-0.1, -0.05) is 35.6 Å². The molecule has 0 spiro atoms. The van der Waals surface area contributed by atoms with E-state index in [0.29, 0.717) is 37.7 Å². The average molecular weight is 546 g/mol. The average Bonchev–Trinajstić information content (AvgIpc) is 3.39. The van der Waals surface area contributed by atoms with E-state index in [1.807, 2.05) is 74.1 Å². The number of hydrogen-bond donors (Lipinski definition) is 0. The topological polar surface area (TPSA) is 84.1 Å². The Morgan fingerprint density at radius 3 is 2.67 bits per heavy atom. The zero-order valence-electron chi connectivity index (χ0n) is 22.8. The summed E-state index contributed by atoms with van der Waals surface area (Å²) in [6.45, 7) is 7.61. The van der Waals surface area contributed by atoms with Gasteiger partial charge in [0.05, 0.1) is 41.7 Å². The van der Waals surface area contributed by atoms with Crippen molar-refractivity contribution in [1.82, 2.24) is 9.13 Å². The fourth-order valence-corrected chi connectivity index (χ4v) is 5.98. The molecule has 0 saturated carbocycles. The van der Waals surface area contributed by atoms with Crippen LogP contribution in [0.15, 0.2) is 69.7 Å². The molecule has 5 rings (SSSR count). The van der Waals surface area contributed by atoms with E-state index >= 15 is 0 Å². The van der Waals surface area contributed by atoms with Crippen LogP contribution in [0, 0.1) is 0 Å². The van der Waals surface area contributed by atoms with E-state index in [2.05, 4.69) is 4.99 Å². The normalized spacial score (nSPS) is 15.5. The van der Waals surface area contributed by atoms with E-state index in [1.54, 1.807) is 31.6 Å². The molecule has 0 amide bonds. The number of rotatable bonds is 7. The molecular weight excluding hydrogens is 514 g/mol. The molecule has 1 atom stereocenters. The molecule has 8 nitrogen and oxygen atoms in total. The lowest BCUT2D eigenvalue weighted by atomic mass is 9.95. The summed E-state index contributed by atoms with van der Waals surface area (Å²) in [7, 11) is 3.55. The number of aryl methyl sites for hydroxylation is 1. The summed E-state index contributed by atoms with van der Waals surface area (Å²) < 4.78 is 21.1. The molecule has 0 N–H and O–H groups in total. The Morgan fingerprint density at radius 1 is 1.18 bits per heavy atom. The summed E-state index contributed by atoms with van der Waals surface area (Å²) in [5.74, 6) is 0.587. The Hall–Kier alpha value is -4.11. The summed E-state index contributed by atoms with van der Waals surface area (Å²) in [4.78, 5) is 32.4. The van der Waals surface area contributed by atoms with Gasteiger partial charge in [0.2, 0.25) is 0 Å². The van der Waals surface area contributed by atoms with Crippen molar-refractivity contribution >= 4 is 34.3 Å². The highest BCUT2D eigenvalue weighted by Crippen LogP contribution is 2.36. The van der Waals surface area contributed by atoms with Gasteiger partial charge in [-0.2, -0.15) is 0 Å². The molecule has 4 aromatic rings. The third kappa shape index (κ3) is 4.78. The van der Waals surface area contributed by atoms with Gasteiger partial charge < -0.3 is 18.8 Å². The van der Waals surface area contributed by atoms with Crippen LogP contribution in [0.25, 0.3) is 17.0 Å². The number of carbonyl (C=O) groups excluding carboxylic acids is 1. The molecule has 1 aliphatic rings. The Bertz CT molecular complexity index is 1790. The highest BCUT2D eigenvalue weighted by molar-refractivity contribution is 7.07. The van der Waals surface area contributed by atoms with Crippen molar-refractivity contribution < 1.29 is 19.0 Å².